The molecule has 0 fully saturated rings. The molecule has 1 aromatic rings. The molecule has 0 saturated carbocycles. The van der Waals surface area contributed by atoms with Crippen LogP contribution in [0.5, 0.6) is 0 Å². The normalized spacial score (nSPS) is 9.69. The molecule has 0 atom stereocenters. The molecular weight excluding hydrogens is 172 g/mol. The maximum absolute atomic E-state index is 10.9. The second-order valence-electron chi connectivity index (χ2n) is 2.47. The van der Waals surface area contributed by atoms with Gasteiger partial charge in [-0.2, -0.15) is 0 Å². The minimum absolute atomic E-state index is 0.320. The number of rotatable bonds is 3. The van der Waals surface area contributed by atoms with Crippen molar-refractivity contribution in [1.82, 2.24) is 11.0 Å². The second kappa shape index (κ2) is 4.56. The number of carbonyl (C=O) groups is 1. The maximum atomic E-state index is 10.9. The van der Waals surface area contributed by atoms with E-state index in [1.807, 2.05) is 5.48 Å². The van der Waals surface area contributed by atoms with E-state index in [1.54, 1.807) is 24.3 Å². The predicted octanol–water partition coefficient (Wildman–Crippen LogP) is 0.284. The van der Waals surface area contributed by atoms with Crippen LogP contribution < -0.4 is 11.0 Å². The number of benzene rings is 1. The topological polar surface area (TPSA) is 81.6 Å². The van der Waals surface area contributed by atoms with Crippen molar-refractivity contribution < 1.29 is 15.2 Å². The summed E-state index contributed by atoms with van der Waals surface area (Å²) in [5.74, 6) is -0.552. The van der Waals surface area contributed by atoms with Gasteiger partial charge in [0.1, 0.15) is 0 Å². The van der Waals surface area contributed by atoms with Crippen LogP contribution in [0.4, 0.5) is 0 Å². The van der Waals surface area contributed by atoms with Gasteiger partial charge in [0.25, 0.3) is 5.91 Å². The number of carbonyl (C=O) groups excluding carboxylic acids is 1. The standard InChI is InChI=1S/C8H10N2O3/c11-8(10-13)7-3-1-6(2-4-7)5-9-12/h1-4,9,12-13H,5H2,(H,10,11). The molecule has 0 aliphatic carbocycles. The van der Waals surface area contributed by atoms with E-state index < -0.39 is 5.91 Å². The summed E-state index contributed by atoms with van der Waals surface area (Å²) in [6.45, 7) is 0.320. The SMILES string of the molecule is O=C(NO)c1ccc(CNO)cc1. The lowest BCUT2D eigenvalue weighted by Gasteiger charge is -2.01. The van der Waals surface area contributed by atoms with Crippen molar-refractivity contribution in [3.05, 3.63) is 35.4 Å². The summed E-state index contributed by atoms with van der Waals surface area (Å²) >= 11 is 0. The van der Waals surface area contributed by atoms with Crippen LogP contribution in [0.25, 0.3) is 0 Å². The van der Waals surface area contributed by atoms with Gasteiger partial charge in [-0.1, -0.05) is 12.1 Å². The molecule has 5 heteroatoms. The van der Waals surface area contributed by atoms with Crippen molar-refractivity contribution in [1.29, 1.82) is 0 Å². The first-order chi connectivity index (χ1) is 6.27. The molecule has 4 N–H and O–H groups in total. The zero-order valence-corrected chi connectivity index (χ0v) is 6.82. The highest BCUT2D eigenvalue weighted by Gasteiger charge is 2.02. The number of hydroxylamine groups is 2. The van der Waals surface area contributed by atoms with Crippen molar-refractivity contribution in [2.75, 3.05) is 0 Å². The van der Waals surface area contributed by atoms with Gasteiger partial charge in [0.2, 0.25) is 0 Å². The maximum Gasteiger partial charge on any atom is 0.274 e. The van der Waals surface area contributed by atoms with E-state index in [2.05, 4.69) is 0 Å². The molecule has 0 saturated heterocycles. The molecule has 0 aliphatic rings. The Morgan fingerprint density at radius 3 is 2.31 bits per heavy atom. The third-order valence-electron chi connectivity index (χ3n) is 1.60. The Kier molecular flexibility index (Phi) is 3.39. The summed E-state index contributed by atoms with van der Waals surface area (Å²) in [4.78, 5) is 10.9. The minimum Gasteiger partial charge on any atom is -0.316 e. The third-order valence-corrected chi connectivity index (χ3v) is 1.60. The van der Waals surface area contributed by atoms with Crippen LogP contribution in [0.15, 0.2) is 24.3 Å². The first-order valence-electron chi connectivity index (χ1n) is 3.68. The zero-order chi connectivity index (χ0) is 9.68. The summed E-state index contributed by atoms with van der Waals surface area (Å²) in [6, 6.07) is 6.46. The van der Waals surface area contributed by atoms with Gasteiger partial charge >= 0.3 is 0 Å². The molecule has 1 rings (SSSR count). The highest BCUT2D eigenvalue weighted by atomic mass is 16.5. The van der Waals surface area contributed by atoms with E-state index in [-0.39, 0.29) is 0 Å². The largest absolute Gasteiger partial charge is 0.316 e. The lowest BCUT2D eigenvalue weighted by molar-refractivity contribution is 0.0706. The van der Waals surface area contributed by atoms with Gasteiger partial charge in [-0.3, -0.25) is 10.0 Å². The van der Waals surface area contributed by atoms with Gasteiger partial charge in [-0.05, 0) is 17.7 Å². The number of hydrogen-bond donors (Lipinski definition) is 4. The molecule has 0 bridgehead atoms. The summed E-state index contributed by atoms with van der Waals surface area (Å²) in [6.07, 6.45) is 0. The molecular formula is C8H10N2O3. The average molecular weight is 182 g/mol. The van der Waals surface area contributed by atoms with E-state index in [9.17, 15) is 4.79 Å². The van der Waals surface area contributed by atoms with Gasteiger partial charge in [0.05, 0.1) is 0 Å². The Balaban J connectivity index is 2.75. The van der Waals surface area contributed by atoms with Crippen molar-refractivity contribution in [3.8, 4) is 0 Å². The van der Waals surface area contributed by atoms with Gasteiger partial charge in [-0.25, -0.2) is 11.0 Å². The van der Waals surface area contributed by atoms with Crippen molar-refractivity contribution >= 4 is 5.91 Å². The van der Waals surface area contributed by atoms with E-state index in [1.165, 1.54) is 5.48 Å². The number of nitrogens with one attached hydrogen (secondary N) is 2. The second-order valence-corrected chi connectivity index (χ2v) is 2.47. The van der Waals surface area contributed by atoms with Crippen LogP contribution in [0.1, 0.15) is 15.9 Å². The molecule has 0 radical (unpaired) electrons. The fourth-order valence-corrected chi connectivity index (χ4v) is 0.930. The monoisotopic (exact) mass is 182 g/mol. The van der Waals surface area contributed by atoms with Crippen LogP contribution in [-0.4, -0.2) is 16.3 Å². The zero-order valence-electron chi connectivity index (χ0n) is 6.82. The van der Waals surface area contributed by atoms with Crippen molar-refractivity contribution in [2.45, 2.75) is 6.54 Å². The first kappa shape index (κ1) is 9.66. The lowest BCUT2D eigenvalue weighted by Crippen LogP contribution is -2.18. The van der Waals surface area contributed by atoms with E-state index >= 15 is 0 Å². The Morgan fingerprint density at radius 2 is 1.85 bits per heavy atom. The quantitative estimate of drug-likeness (QED) is 0.400. The lowest BCUT2D eigenvalue weighted by atomic mass is 10.1. The van der Waals surface area contributed by atoms with Gasteiger partial charge < -0.3 is 5.21 Å². The molecule has 0 unspecified atom stereocenters. The van der Waals surface area contributed by atoms with Crippen LogP contribution in [0.2, 0.25) is 0 Å². The Labute approximate surface area is 74.9 Å². The molecule has 0 aromatic heterocycles. The Hall–Kier alpha value is -1.43. The fourth-order valence-electron chi connectivity index (χ4n) is 0.930. The van der Waals surface area contributed by atoms with Crippen molar-refractivity contribution in [2.24, 2.45) is 0 Å². The van der Waals surface area contributed by atoms with E-state index in [4.69, 9.17) is 10.4 Å². The molecule has 5 nitrogen and oxygen atoms in total. The molecule has 0 heterocycles. The fraction of sp³-hybridized carbons (Fsp3) is 0.125. The molecule has 1 amide bonds. The van der Waals surface area contributed by atoms with Gasteiger partial charge in [0, 0.05) is 12.1 Å². The first-order valence-corrected chi connectivity index (χ1v) is 3.68. The average Bonchev–Trinajstić information content (AvgIpc) is 2.18. The van der Waals surface area contributed by atoms with Crippen LogP contribution in [0, 0.1) is 0 Å². The van der Waals surface area contributed by atoms with Crippen molar-refractivity contribution in [3.63, 3.8) is 0 Å². The number of hydrogen-bond acceptors (Lipinski definition) is 4. The Bertz CT molecular complexity index is 284. The van der Waals surface area contributed by atoms with Gasteiger partial charge in [-0.15, -0.1) is 0 Å². The van der Waals surface area contributed by atoms with Gasteiger partial charge in [0.15, 0.2) is 0 Å². The summed E-state index contributed by atoms with van der Waals surface area (Å²) in [7, 11) is 0. The minimum atomic E-state index is -0.552. The van der Waals surface area contributed by atoms with E-state index in [0.717, 1.165) is 5.56 Å². The summed E-state index contributed by atoms with van der Waals surface area (Å²) < 4.78 is 0. The summed E-state index contributed by atoms with van der Waals surface area (Å²) in [5.41, 5.74) is 4.73. The van der Waals surface area contributed by atoms with Crippen LogP contribution in [0.3, 0.4) is 0 Å². The third kappa shape index (κ3) is 2.51. The molecule has 0 spiro atoms. The highest BCUT2D eigenvalue weighted by molar-refractivity contribution is 5.93. The Morgan fingerprint density at radius 1 is 1.23 bits per heavy atom. The number of amides is 1. The summed E-state index contributed by atoms with van der Waals surface area (Å²) in [5, 5.41) is 16.7. The molecule has 13 heavy (non-hydrogen) atoms. The van der Waals surface area contributed by atoms with Crippen LogP contribution in [-0.2, 0) is 6.54 Å². The molecule has 70 valence electrons. The molecule has 1 aromatic carbocycles. The van der Waals surface area contributed by atoms with Crippen LogP contribution >= 0.6 is 0 Å². The smallest absolute Gasteiger partial charge is 0.274 e. The highest BCUT2D eigenvalue weighted by Crippen LogP contribution is 2.03. The molecule has 0 aliphatic heterocycles. The predicted molar refractivity (Wildman–Crippen MR) is 44.3 cm³/mol. The van der Waals surface area contributed by atoms with E-state index in [0.29, 0.717) is 12.1 Å².